The minimum Gasteiger partial charge on any atom is -0.479 e. The van der Waals surface area contributed by atoms with Crippen LogP contribution < -0.4 is 16.0 Å². The van der Waals surface area contributed by atoms with Gasteiger partial charge in [-0.25, -0.2) is 9.59 Å². The molecule has 0 saturated heterocycles. The van der Waals surface area contributed by atoms with Crippen LogP contribution in [0, 0.1) is 0 Å². The number of hydrogen-bond donors (Lipinski definition) is 4. The summed E-state index contributed by atoms with van der Waals surface area (Å²) in [6, 6.07) is 6.82. The Morgan fingerprint density at radius 1 is 1.19 bits per heavy atom. The number of carboxylic acid groups (broad SMARTS) is 1. The van der Waals surface area contributed by atoms with Crippen molar-refractivity contribution in [2.45, 2.75) is 25.4 Å². The van der Waals surface area contributed by atoms with Crippen molar-refractivity contribution in [1.82, 2.24) is 16.0 Å². The van der Waals surface area contributed by atoms with Gasteiger partial charge in [-0.3, -0.25) is 4.79 Å². The molecule has 1 rings (SSSR count). The molecule has 0 aliphatic heterocycles. The summed E-state index contributed by atoms with van der Waals surface area (Å²) < 4.78 is 0. The molecule has 7 nitrogen and oxygen atoms in total. The number of carboxylic acids is 1. The Bertz CT molecular complexity index is 532. The largest absolute Gasteiger partial charge is 0.479 e. The number of hydrogen-bond acceptors (Lipinski definition) is 3. The van der Waals surface area contributed by atoms with Gasteiger partial charge in [-0.05, 0) is 19.4 Å². The zero-order valence-corrected chi connectivity index (χ0v) is 12.1. The van der Waals surface area contributed by atoms with Gasteiger partial charge in [0.05, 0.1) is 0 Å². The van der Waals surface area contributed by atoms with Gasteiger partial charge in [-0.2, -0.15) is 0 Å². The van der Waals surface area contributed by atoms with Crippen LogP contribution in [0.15, 0.2) is 30.3 Å². The Kier molecular flexibility index (Phi) is 5.29. The molecule has 21 heavy (non-hydrogen) atoms. The van der Waals surface area contributed by atoms with E-state index < -0.39 is 23.6 Å². The van der Waals surface area contributed by atoms with E-state index in [1.54, 1.807) is 30.3 Å². The maximum atomic E-state index is 11.9. The Hall–Kier alpha value is -2.57. The predicted molar refractivity (Wildman–Crippen MR) is 76.6 cm³/mol. The molecule has 0 spiro atoms. The van der Waals surface area contributed by atoms with E-state index in [-0.39, 0.29) is 5.91 Å². The smallest absolute Gasteiger partial charge is 0.333 e. The first kappa shape index (κ1) is 16.5. The first-order valence-electron chi connectivity index (χ1n) is 6.40. The highest BCUT2D eigenvalue weighted by Crippen LogP contribution is 2.20. The van der Waals surface area contributed by atoms with Crippen LogP contribution in [-0.4, -0.2) is 36.1 Å². The van der Waals surface area contributed by atoms with E-state index in [0.717, 1.165) is 0 Å². The maximum Gasteiger partial charge on any atom is 0.333 e. The second-order valence-electron chi connectivity index (χ2n) is 4.73. The second kappa shape index (κ2) is 6.74. The summed E-state index contributed by atoms with van der Waals surface area (Å²) in [5.41, 5.74) is -1.16. The number of likely N-dealkylation sites (N-methyl/N-ethyl adjacent to an activating group) is 1. The maximum absolute atomic E-state index is 11.9. The molecule has 1 aromatic carbocycles. The lowest BCUT2D eigenvalue weighted by Gasteiger charge is -2.27. The van der Waals surface area contributed by atoms with Crippen LogP contribution >= 0.6 is 0 Å². The molecule has 3 amide bonds. The average molecular weight is 293 g/mol. The number of carbonyl (C=O) groups is 3. The summed E-state index contributed by atoms with van der Waals surface area (Å²) in [5, 5.41) is 16.6. The van der Waals surface area contributed by atoms with Crippen molar-refractivity contribution in [3.63, 3.8) is 0 Å². The third kappa shape index (κ3) is 3.95. The molecule has 114 valence electrons. The first-order valence-corrected chi connectivity index (χ1v) is 6.40. The molecule has 0 bridgehead atoms. The Morgan fingerprint density at radius 2 is 1.76 bits per heavy atom. The summed E-state index contributed by atoms with van der Waals surface area (Å²) in [7, 11) is 1.45. The lowest BCUT2D eigenvalue weighted by molar-refractivity contribution is -0.144. The SMILES string of the molecule is CNC(=O)C(C)NC(=O)NC(C)(C(=O)O)c1ccccc1. The highest BCUT2D eigenvalue weighted by Gasteiger charge is 2.37. The quantitative estimate of drug-likeness (QED) is 0.631. The molecule has 4 N–H and O–H groups in total. The summed E-state index contributed by atoms with van der Waals surface area (Å²) in [6.07, 6.45) is 0. The molecule has 7 heteroatoms. The number of urea groups is 1. The van der Waals surface area contributed by atoms with Crippen LogP contribution in [0.4, 0.5) is 4.79 Å². The Labute approximate surface area is 122 Å². The van der Waals surface area contributed by atoms with Gasteiger partial charge in [0.1, 0.15) is 6.04 Å². The van der Waals surface area contributed by atoms with Gasteiger partial charge in [0.2, 0.25) is 5.91 Å². The van der Waals surface area contributed by atoms with Crippen molar-refractivity contribution < 1.29 is 19.5 Å². The third-order valence-electron chi connectivity index (χ3n) is 3.13. The van der Waals surface area contributed by atoms with Crippen molar-refractivity contribution in [1.29, 1.82) is 0 Å². The molecule has 2 atom stereocenters. The number of carbonyl (C=O) groups excluding carboxylic acids is 2. The highest BCUT2D eigenvalue weighted by atomic mass is 16.4. The first-order chi connectivity index (χ1) is 9.81. The minimum atomic E-state index is -1.59. The van der Waals surface area contributed by atoms with E-state index in [1.807, 2.05) is 0 Å². The van der Waals surface area contributed by atoms with E-state index in [4.69, 9.17) is 0 Å². The molecule has 0 fully saturated rings. The summed E-state index contributed by atoms with van der Waals surface area (Å²) in [6.45, 7) is 2.88. The van der Waals surface area contributed by atoms with E-state index in [1.165, 1.54) is 20.9 Å². The summed E-state index contributed by atoms with van der Waals surface area (Å²) >= 11 is 0. The van der Waals surface area contributed by atoms with Crippen molar-refractivity contribution >= 4 is 17.9 Å². The van der Waals surface area contributed by atoms with Crippen LogP contribution in [0.5, 0.6) is 0 Å². The summed E-state index contributed by atoms with van der Waals surface area (Å²) in [5.74, 6) is -1.57. The molecule has 0 aliphatic rings. The molecule has 0 aromatic heterocycles. The third-order valence-corrected chi connectivity index (χ3v) is 3.13. The second-order valence-corrected chi connectivity index (χ2v) is 4.73. The van der Waals surface area contributed by atoms with Gasteiger partial charge in [0, 0.05) is 7.05 Å². The molecular formula is C14H19N3O4. The highest BCUT2D eigenvalue weighted by molar-refractivity contribution is 5.90. The molecule has 0 heterocycles. The van der Waals surface area contributed by atoms with Gasteiger partial charge in [-0.1, -0.05) is 30.3 Å². The van der Waals surface area contributed by atoms with Crippen molar-refractivity contribution in [3.8, 4) is 0 Å². The van der Waals surface area contributed by atoms with E-state index in [9.17, 15) is 19.5 Å². The minimum absolute atomic E-state index is 0.373. The van der Waals surface area contributed by atoms with Gasteiger partial charge in [0.15, 0.2) is 5.54 Å². The van der Waals surface area contributed by atoms with Crippen molar-refractivity contribution in [2.24, 2.45) is 0 Å². The summed E-state index contributed by atoms with van der Waals surface area (Å²) in [4.78, 5) is 34.8. The van der Waals surface area contributed by atoms with E-state index in [2.05, 4.69) is 16.0 Å². The molecule has 0 radical (unpaired) electrons. The molecule has 0 aliphatic carbocycles. The fraction of sp³-hybridized carbons (Fsp3) is 0.357. The van der Waals surface area contributed by atoms with E-state index in [0.29, 0.717) is 5.56 Å². The van der Waals surface area contributed by atoms with Crippen molar-refractivity contribution in [3.05, 3.63) is 35.9 Å². The zero-order chi connectivity index (χ0) is 16.0. The topological polar surface area (TPSA) is 108 Å². The van der Waals surface area contributed by atoms with Crippen LogP contribution in [0.25, 0.3) is 0 Å². The van der Waals surface area contributed by atoms with Crippen LogP contribution in [-0.2, 0) is 15.1 Å². The number of amides is 3. The number of nitrogens with one attached hydrogen (secondary N) is 3. The molecule has 0 saturated carbocycles. The van der Waals surface area contributed by atoms with Gasteiger partial charge in [-0.15, -0.1) is 0 Å². The number of aliphatic carboxylic acids is 1. The predicted octanol–water partition coefficient (Wildman–Crippen LogP) is 0.420. The van der Waals surface area contributed by atoms with Crippen LogP contribution in [0.2, 0.25) is 0 Å². The molecule has 2 unspecified atom stereocenters. The van der Waals surface area contributed by atoms with Gasteiger partial charge in [0.25, 0.3) is 0 Å². The molecular weight excluding hydrogens is 274 g/mol. The Balaban J connectivity index is 2.87. The van der Waals surface area contributed by atoms with Gasteiger partial charge < -0.3 is 21.1 Å². The van der Waals surface area contributed by atoms with Gasteiger partial charge >= 0.3 is 12.0 Å². The zero-order valence-electron chi connectivity index (χ0n) is 12.1. The normalized spacial score (nSPS) is 14.4. The number of rotatable bonds is 5. The van der Waals surface area contributed by atoms with Crippen LogP contribution in [0.3, 0.4) is 0 Å². The number of benzene rings is 1. The fourth-order valence-corrected chi connectivity index (χ4v) is 1.76. The lowest BCUT2D eigenvalue weighted by Crippen LogP contribution is -2.56. The van der Waals surface area contributed by atoms with Crippen LogP contribution in [0.1, 0.15) is 19.4 Å². The van der Waals surface area contributed by atoms with E-state index >= 15 is 0 Å². The Morgan fingerprint density at radius 3 is 2.24 bits per heavy atom. The van der Waals surface area contributed by atoms with Crippen molar-refractivity contribution in [2.75, 3.05) is 7.05 Å². The lowest BCUT2D eigenvalue weighted by atomic mass is 9.92. The fourth-order valence-electron chi connectivity index (χ4n) is 1.76. The average Bonchev–Trinajstić information content (AvgIpc) is 2.46. The molecule has 1 aromatic rings. The standard InChI is InChI=1S/C14H19N3O4/c1-9(11(18)15-3)16-13(21)17-14(2,12(19)20)10-7-5-4-6-8-10/h4-9H,1-3H3,(H,15,18)(H,19,20)(H2,16,17,21). The monoisotopic (exact) mass is 293 g/mol.